The zero-order chi connectivity index (χ0) is 12.0. The molecule has 1 aliphatic carbocycles. The molecule has 3 heteroatoms. The number of hydrogen-bond donors (Lipinski definition) is 1. The molecule has 17 heavy (non-hydrogen) atoms. The van der Waals surface area contributed by atoms with Crippen LogP contribution in [0.1, 0.15) is 44.9 Å². The number of rotatable bonds is 5. The summed E-state index contributed by atoms with van der Waals surface area (Å²) in [6, 6.07) is 0. The Morgan fingerprint density at radius 3 is 2.59 bits per heavy atom. The Balaban J connectivity index is 1.84. The highest BCUT2D eigenvalue weighted by Crippen LogP contribution is 2.31. The molecular formula is C14H27NO2. The first-order valence-corrected chi connectivity index (χ1v) is 7.21. The summed E-state index contributed by atoms with van der Waals surface area (Å²) < 4.78 is 11.8. The molecule has 1 heterocycles. The lowest BCUT2D eigenvalue weighted by Gasteiger charge is -2.34. The van der Waals surface area contributed by atoms with Crippen molar-refractivity contribution in [3.8, 4) is 0 Å². The van der Waals surface area contributed by atoms with E-state index in [1.54, 1.807) is 0 Å². The zero-order valence-corrected chi connectivity index (χ0v) is 11.2. The minimum atomic E-state index is 0.105. The van der Waals surface area contributed by atoms with Crippen LogP contribution in [0, 0.1) is 5.92 Å². The zero-order valence-electron chi connectivity index (χ0n) is 11.2. The lowest BCUT2D eigenvalue weighted by atomic mass is 9.93. The molecule has 100 valence electrons. The summed E-state index contributed by atoms with van der Waals surface area (Å²) in [5.74, 6) is 0.631. The van der Waals surface area contributed by atoms with Gasteiger partial charge in [0.2, 0.25) is 0 Å². The van der Waals surface area contributed by atoms with Gasteiger partial charge in [-0.05, 0) is 26.3 Å². The third-order valence-corrected chi connectivity index (χ3v) is 4.16. The van der Waals surface area contributed by atoms with Crippen molar-refractivity contribution < 1.29 is 9.47 Å². The molecule has 0 bridgehead atoms. The average molecular weight is 241 g/mol. The molecule has 1 saturated heterocycles. The fourth-order valence-corrected chi connectivity index (χ4v) is 3.08. The number of likely N-dealkylation sites (N-methyl/N-ethyl adjacent to an activating group) is 1. The summed E-state index contributed by atoms with van der Waals surface area (Å²) in [7, 11) is 2.04. The topological polar surface area (TPSA) is 30.5 Å². The van der Waals surface area contributed by atoms with Crippen molar-refractivity contribution >= 4 is 0 Å². The molecule has 1 atom stereocenters. The standard InChI is InChI=1S/C14H27NO2/c1-15-12-14(7-4-2-3-5-8-14)17-11-13-6-9-16-10-13/h13,15H,2-12H2,1H3. The molecule has 0 aromatic carbocycles. The number of nitrogens with one attached hydrogen (secondary N) is 1. The largest absolute Gasteiger partial charge is 0.381 e. The van der Waals surface area contributed by atoms with Crippen LogP contribution in [0.25, 0.3) is 0 Å². The van der Waals surface area contributed by atoms with E-state index in [0.717, 1.165) is 26.4 Å². The van der Waals surface area contributed by atoms with Gasteiger partial charge < -0.3 is 14.8 Å². The normalized spacial score (nSPS) is 29.1. The first-order valence-electron chi connectivity index (χ1n) is 7.21. The highest BCUT2D eigenvalue weighted by Gasteiger charge is 2.32. The molecule has 1 N–H and O–H groups in total. The summed E-state index contributed by atoms with van der Waals surface area (Å²) in [6.45, 7) is 3.71. The molecule has 0 aromatic heterocycles. The van der Waals surface area contributed by atoms with Gasteiger partial charge in [-0.1, -0.05) is 25.7 Å². The second-order valence-electron chi connectivity index (χ2n) is 5.67. The van der Waals surface area contributed by atoms with E-state index in [9.17, 15) is 0 Å². The van der Waals surface area contributed by atoms with Crippen molar-refractivity contribution in [1.82, 2.24) is 5.32 Å². The van der Waals surface area contributed by atoms with Gasteiger partial charge in [-0.2, -0.15) is 0 Å². The Kier molecular flexibility index (Phi) is 5.26. The fourth-order valence-electron chi connectivity index (χ4n) is 3.08. The van der Waals surface area contributed by atoms with E-state index in [-0.39, 0.29) is 5.60 Å². The third kappa shape index (κ3) is 3.94. The van der Waals surface area contributed by atoms with Gasteiger partial charge in [0.25, 0.3) is 0 Å². The monoisotopic (exact) mass is 241 g/mol. The van der Waals surface area contributed by atoms with E-state index in [0.29, 0.717) is 5.92 Å². The molecule has 2 fully saturated rings. The van der Waals surface area contributed by atoms with Crippen LogP contribution in [0.2, 0.25) is 0 Å². The van der Waals surface area contributed by atoms with E-state index in [4.69, 9.17) is 9.47 Å². The molecule has 2 rings (SSSR count). The smallest absolute Gasteiger partial charge is 0.0806 e. The Labute approximate surface area is 105 Å². The van der Waals surface area contributed by atoms with Crippen LogP contribution in [-0.4, -0.2) is 39.0 Å². The van der Waals surface area contributed by atoms with E-state index < -0.39 is 0 Å². The predicted molar refractivity (Wildman–Crippen MR) is 69.2 cm³/mol. The Morgan fingerprint density at radius 2 is 2.00 bits per heavy atom. The van der Waals surface area contributed by atoms with Crippen molar-refractivity contribution in [2.75, 3.05) is 33.4 Å². The van der Waals surface area contributed by atoms with Gasteiger partial charge in [-0.15, -0.1) is 0 Å². The van der Waals surface area contributed by atoms with Crippen molar-refractivity contribution in [3.05, 3.63) is 0 Å². The SMILES string of the molecule is CNCC1(OCC2CCOC2)CCCCCC1. The average Bonchev–Trinajstić information content (AvgIpc) is 2.75. The summed E-state index contributed by atoms with van der Waals surface area (Å²) in [5.41, 5.74) is 0.105. The van der Waals surface area contributed by atoms with Gasteiger partial charge >= 0.3 is 0 Å². The maximum Gasteiger partial charge on any atom is 0.0806 e. The molecule has 2 aliphatic rings. The Bertz CT molecular complexity index is 206. The number of ether oxygens (including phenoxy) is 2. The molecular weight excluding hydrogens is 214 g/mol. The molecule has 0 spiro atoms. The maximum atomic E-state index is 6.33. The van der Waals surface area contributed by atoms with Crippen LogP contribution >= 0.6 is 0 Å². The first-order chi connectivity index (χ1) is 8.35. The molecule has 3 nitrogen and oxygen atoms in total. The summed E-state index contributed by atoms with van der Waals surface area (Å²) in [6.07, 6.45) is 9.02. The van der Waals surface area contributed by atoms with Crippen LogP contribution in [0.4, 0.5) is 0 Å². The van der Waals surface area contributed by atoms with Gasteiger partial charge in [0.1, 0.15) is 0 Å². The lowest BCUT2D eigenvalue weighted by molar-refractivity contribution is -0.0686. The molecule has 1 saturated carbocycles. The Hall–Kier alpha value is -0.120. The molecule has 1 aliphatic heterocycles. The van der Waals surface area contributed by atoms with Gasteiger partial charge in [0.15, 0.2) is 0 Å². The van der Waals surface area contributed by atoms with Crippen LogP contribution in [-0.2, 0) is 9.47 Å². The summed E-state index contributed by atoms with van der Waals surface area (Å²) in [5, 5.41) is 3.33. The molecule has 0 aromatic rings. The van der Waals surface area contributed by atoms with Crippen LogP contribution < -0.4 is 5.32 Å². The molecule has 0 amide bonds. The van der Waals surface area contributed by atoms with E-state index in [1.165, 1.54) is 44.9 Å². The van der Waals surface area contributed by atoms with E-state index in [1.807, 2.05) is 7.05 Å². The minimum absolute atomic E-state index is 0.105. The van der Waals surface area contributed by atoms with Crippen LogP contribution in [0.3, 0.4) is 0 Å². The van der Waals surface area contributed by atoms with Crippen molar-refractivity contribution in [3.63, 3.8) is 0 Å². The minimum Gasteiger partial charge on any atom is -0.381 e. The van der Waals surface area contributed by atoms with Crippen molar-refractivity contribution in [2.45, 2.75) is 50.5 Å². The highest BCUT2D eigenvalue weighted by atomic mass is 16.5. The van der Waals surface area contributed by atoms with Gasteiger partial charge in [-0.3, -0.25) is 0 Å². The predicted octanol–water partition coefficient (Wildman–Crippen LogP) is 2.35. The van der Waals surface area contributed by atoms with E-state index in [2.05, 4.69) is 5.32 Å². The molecule has 0 radical (unpaired) electrons. The van der Waals surface area contributed by atoms with Crippen molar-refractivity contribution in [1.29, 1.82) is 0 Å². The van der Waals surface area contributed by atoms with Crippen LogP contribution in [0.15, 0.2) is 0 Å². The van der Waals surface area contributed by atoms with Gasteiger partial charge in [-0.25, -0.2) is 0 Å². The van der Waals surface area contributed by atoms with Crippen LogP contribution in [0.5, 0.6) is 0 Å². The lowest BCUT2D eigenvalue weighted by Crippen LogP contribution is -2.42. The Morgan fingerprint density at radius 1 is 1.24 bits per heavy atom. The fraction of sp³-hybridized carbons (Fsp3) is 1.00. The van der Waals surface area contributed by atoms with Gasteiger partial charge in [0, 0.05) is 19.1 Å². The van der Waals surface area contributed by atoms with Crippen molar-refractivity contribution in [2.24, 2.45) is 5.92 Å². The maximum absolute atomic E-state index is 6.33. The van der Waals surface area contributed by atoms with Gasteiger partial charge in [0.05, 0.1) is 18.8 Å². The second-order valence-corrected chi connectivity index (χ2v) is 5.67. The summed E-state index contributed by atoms with van der Waals surface area (Å²) >= 11 is 0. The molecule has 1 unspecified atom stereocenters. The highest BCUT2D eigenvalue weighted by molar-refractivity contribution is 4.85. The van der Waals surface area contributed by atoms with E-state index >= 15 is 0 Å². The number of hydrogen-bond acceptors (Lipinski definition) is 3. The third-order valence-electron chi connectivity index (χ3n) is 4.16. The second kappa shape index (κ2) is 6.72. The quantitative estimate of drug-likeness (QED) is 0.750. The first kappa shape index (κ1) is 13.3. The summed E-state index contributed by atoms with van der Waals surface area (Å²) in [4.78, 5) is 0.